The SMILES string of the molecule is N#Cc1[nH]c(=O)c(N)cc1C(F)(F)F. The lowest BCUT2D eigenvalue weighted by molar-refractivity contribution is -0.138. The Hall–Kier alpha value is -1.97. The normalized spacial score (nSPS) is 11.0. The van der Waals surface area contributed by atoms with Gasteiger partial charge < -0.3 is 10.7 Å². The Balaban J connectivity index is 3.53. The van der Waals surface area contributed by atoms with E-state index in [9.17, 15) is 18.0 Å². The maximum absolute atomic E-state index is 12.2. The van der Waals surface area contributed by atoms with Crippen LogP contribution in [-0.4, -0.2) is 4.98 Å². The number of hydrogen-bond donors (Lipinski definition) is 2. The third-order valence-electron chi connectivity index (χ3n) is 1.49. The van der Waals surface area contributed by atoms with Gasteiger partial charge in [-0.15, -0.1) is 0 Å². The summed E-state index contributed by atoms with van der Waals surface area (Å²) in [4.78, 5) is 12.5. The smallest absolute Gasteiger partial charge is 0.394 e. The molecule has 0 aliphatic carbocycles. The van der Waals surface area contributed by atoms with Crippen molar-refractivity contribution in [2.75, 3.05) is 5.73 Å². The number of pyridine rings is 1. The third-order valence-corrected chi connectivity index (χ3v) is 1.49. The molecule has 0 saturated heterocycles. The monoisotopic (exact) mass is 203 g/mol. The summed E-state index contributed by atoms with van der Waals surface area (Å²) in [6, 6.07) is 1.68. The lowest BCUT2D eigenvalue weighted by Gasteiger charge is -2.08. The number of alkyl halides is 3. The van der Waals surface area contributed by atoms with E-state index in [1.54, 1.807) is 4.98 Å². The highest BCUT2D eigenvalue weighted by Crippen LogP contribution is 2.31. The molecular formula is C7H4F3N3O. The van der Waals surface area contributed by atoms with Gasteiger partial charge >= 0.3 is 6.18 Å². The Morgan fingerprint density at radius 3 is 2.50 bits per heavy atom. The van der Waals surface area contributed by atoms with E-state index in [4.69, 9.17) is 11.0 Å². The minimum Gasteiger partial charge on any atom is -0.394 e. The van der Waals surface area contributed by atoms with Gasteiger partial charge in [-0.2, -0.15) is 18.4 Å². The van der Waals surface area contributed by atoms with Crippen LogP contribution in [0.5, 0.6) is 0 Å². The molecule has 0 fully saturated rings. The summed E-state index contributed by atoms with van der Waals surface area (Å²) in [5.74, 6) is 0. The summed E-state index contributed by atoms with van der Waals surface area (Å²) in [5.41, 5.74) is 1.43. The van der Waals surface area contributed by atoms with Crippen LogP contribution in [0.15, 0.2) is 10.9 Å². The van der Waals surface area contributed by atoms with Gasteiger partial charge in [0.25, 0.3) is 5.56 Å². The molecule has 0 bridgehead atoms. The largest absolute Gasteiger partial charge is 0.419 e. The second-order valence-corrected chi connectivity index (χ2v) is 2.45. The predicted octanol–water partition coefficient (Wildman–Crippen LogP) is 0.848. The molecule has 3 N–H and O–H groups in total. The quantitative estimate of drug-likeness (QED) is 0.655. The zero-order chi connectivity index (χ0) is 10.9. The Morgan fingerprint density at radius 2 is 2.07 bits per heavy atom. The second kappa shape index (κ2) is 3.06. The van der Waals surface area contributed by atoms with Crippen molar-refractivity contribution in [2.24, 2.45) is 0 Å². The van der Waals surface area contributed by atoms with Crippen LogP contribution in [0.1, 0.15) is 11.3 Å². The summed E-state index contributed by atoms with van der Waals surface area (Å²) in [6.07, 6.45) is -4.70. The fourth-order valence-corrected chi connectivity index (χ4v) is 0.858. The molecule has 1 aromatic rings. The van der Waals surface area contributed by atoms with E-state index in [1.807, 2.05) is 0 Å². The highest BCUT2D eigenvalue weighted by Gasteiger charge is 2.34. The van der Waals surface area contributed by atoms with Crippen LogP contribution in [0.2, 0.25) is 0 Å². The molecule has 0 aromatic carbocycles. The van der Waals surface area contributed by atoms with Crippen LogP contribution in [0.3, 0.4) is 0 Å². The molecule has 1 aromatic heterocycles. The average Bonchev–Trinajstić information content (AvgIpc) is 2.07. The lowest BCUT2D eigenvalue weighted by atomic mass is 10.2. The highest BCUT2D eigenvalue weighted by atomic mass is 19.4. The fourth-order valence-electron chi connectivity index (χ4n) is 0.858. The van der Waals surface area contributed by atoms with Crippen molar-refractivity contribution in [1.82, 2.24) is 4.98 Å². The molecule has 1 heterocycles. The number of nitriles is 1. The van der Waals surface area contributed by atoms with Crippen molar-refractivity contribution < 1.29 is 13.2 Å². The van der Waals surface area contributed by atoms with Crippen LogP contribution in [0.4, 0.5) is 18.9 Å². The first-order valence-electron chi connectivity index (χ1n) is 3.36. The molecule has 1 rings (SSSR count). The molecule has 0 atom stereocenters. The van der Waals surface area contributed by atoms with Crippen molar-refractivity contribution in [3.63, 3.8) is 0 Å². The van der Waals surface area contributed by atoms with Gasteiger partial charge in [0.05, 0.1) is 11.3 Å². The van der Waals surface area contributed by atoms with Gasteiger partial charge in [-0.25, -0.2) is 0 Å². The van der Waals surface area contributed by atoms with Gasteiger partial charge in [0.15, 0.2) is 0 Å². The van der Waals surface area contributed by atoms with Crippen LogP contribution < -0.4 is 11.3 Å². The molecule has 4 nitrogen and oxygen atoms in total. The lowest BCUT2D eigenvalue weighted by Crippen LogP contribution is -2.19. The number of nitrogens with one attached hydrogen (secondary N) is 1. The molecule has 0 aliphatic heterocycles. The first kappa shape index (κ1) is 10.1. The van der Waals surface area contributed by atoms with Gasteiger partial charge in [-0.05, 0) is 6.07 Å². The first-order chi connectivity index (χ1) is 6.36. The van der Waals surface area contributed by atoms with Crippen molar-refractivity contribution in [3.05, 3.63) is 27.7 Å². The number of hydrogen-bond acceptors (Lipinski definition) is 3. The number of nitrogens with two attached hydrogens (primary N) is 1. The summed E-state index contributed by atoms with van der Waals surface area (Å²) in [5, 5.41) is 8.34. The van der Waals surface area contributed by atoms with Crippen LogP contribution in [0.25, 0.3) is 0 Å². The maximum Gasteiger partial charge on any atom is 0.419 e. The minimum absolute atomic E-state index is 0.442. The van der Waals surface area contributed by atoms with E-state index in [2.05, 4.69) is 0 Å². The predicted molar refractivity (Wildman–Crippen MR) is 41.2 cm³/mol. The number of aromatic amines is 1. The number of anilines is 1. The Bertz CT molecular complexity index is 455. The van der Waals surface area contributed by atoms with E-state index in [0.717, 1.165) is 0 Å². The van der Waals surface area contributed by atoms with Gasteiger partial charge in [0.1, 0.15) is 11.8 Å². The maximum atomic E-state index is 12.2. The number of aromatic nitrogens is 1. The van der Waals surface area contributed by atoms with Gasteiger partial charge in [0, 0.05) is 0 Å². The zero-order valence-corrected chi connectivity index (χ0v) is 6.64. The van der Waals surface area contributed by atoms with E-state index in [1.165, 1.54) is 6.07 Å². The second-order valence-electron chi connectivity index (χ2n) is 2.45. The number of H-pyrrole nitrogens is 1. The molecule has 0 amide bonds. The molecule has 0 spiro atoms. The van der Waals surface area contributed by atoms with Crippen molar-refractivity contribution in [2.45, 2.75) is 6.18 Å². The van der Waals surface area contributed by atoms with Gasteiger partial charge in [0.2, 0.25) is 0 Å². The number of nitrogens with zero attached hydrogens (tertiary/aromatic N) is 1. The third kappa shape index (κ3) is 1.69. The molecule has 0 saturated carbocycles. The van der Waals surface area contributed by atoms with E-state index in [-0.39, 0.29) is 0 Å². The van der Waals surface area contributed by atoms with Crippen molar-refractivity contribution in [3.8, 4) is 6.07 Å². The molecule has 0 unspecified atom stereocenters. The summed E-state index contributed by atoms with van der Waals surface area (Å²) in [6.45, 7) is 0. The molecule has 0 radical (unpaired) electrons. The first-order valence-corrected chi connectivity index (χ1v) is 3.36. The van der Waals surface area contributed by atoms with Gasteiger partial charge in [-0.1, -0.05) is 0 Å². The fraction of sp³-hybridized carbons (Fsp3) is 0.143. The molecule has 7 heteroatoms. The summed E-state index contributed by atoms with van der Waals surface area (Å²) >= 11 is 0. The Kier molecular flexibility index (Phi) is 2.21. The minimum atomic E-state index is -4.70. The van der Waals surface area contributed by atoms with Gasteiger partial charge in [-0.3, -0.25) is 4.79 Å². The molecule has 0 aliphatic rings. The van der Waals surface area contributed by atoms with E-state index < -0.39 is 28.7 Å². The Morgan fingerprint density at radius 1 is 1.50 bits per heavy atom. The summed E-state index contributed by atoms with van der Waals surface area (Å²) < 4.78 is 36.7. The van der Waals surface area contributed by atoms with E-state index in [0.29, 0.717) is 6.07 Å². The summed E-state index contributed by atoms with van der Waals surface area (Å²) in [7, 11) is 0. The van der Waals surface area contributed by atoms with Crippen molar-refractivity contribution in [1.29, 1.82) is 5.26 Å². The standard InChI is InChI=1S/C7H4F3N3O/c8-7(9,10)3-1-4(12)6(14)13-5(3)2-11/h1H,12H2,(H,13,14). The van der Waals surface area contributed by atoms with Crippen LogP contribution in [0, 0.1) is 11.3 Å². The van der Waals surface area contributed by atoms with Crippen LogP contribution in [-0.2, 0) is 6.18 Å². The topological polar surface area (TPSA) is 82.7 Å². The average molecular weight is 203 g/mol. The molecular weight excluding hydrogens is 199 g/mol. The number of halogens is 3. The highest BCUT2D eigenvalue weighted by molar-refractivity contribution is 5.45. The number of nitrogen functional groups attached to an aromatic ring is 1. The Labute approximate surface area is 75.8 Å². The van der Waals surface area contributed by atoms with E-state index >= 15 is 0 Å². The molecule has 14 heavy (non-hydrogen) atoms. The van der Waals surface area contributed by atoms with Crippen molar-refractivity contribution >= 4 is 5.69 Å². The molecule has 74 valence electrons. The number of rotatable bonds is 0. The van der Waals surface area contributed by atoms with Crippen LogP contribution >= 0.6 is 0 Å². The zero-order valence-electron chi connectivity index (χ0n) is 6.64.